The molecule has 1 aliphatic heterocycles. The van der Waals surface area contributed by atoms with Crippen LogP contribution in [-0.2, 0) is 0 Å². The standard InChI is InChI=1S/C14H17NOS.ClH/c1-10-12(3)17-9-15(10)11(2)14(16)13-7-5-4-6-8-13;/h4-8,11H,9H2,1-3H3;1H. The van der Waals surface area contributed by atoms with Gasteiger partial charge in [-0.05, 0) is 20.8 Å². The molecule has 1 unspecified atom stereocenters. The van der Waals surface area contributed by atoms with Gasteiger partial charge in [-0.1, -0.05) is 30.3 Å². The molecule has 1 heterocycles. The van der Waals surface area contributed by atoms with Gasteiger partial charge in [0.05, 0.1) is 11.9 Å². The van der Waals surface area contributed by atoms with Crippen molar-refractivity contribution in [3.8, 4) is 0 Å². The van der Waals surface area contributed by atoms with E-state index in [1.807, 2.05) is 49.0 Å². The lowest BCUT2D eigenvalue weighted by atomic mass is 10.0. The Morgan fingerprint density at radius 2 is 1.89 bits per heavy atom. The van der Waals surface area contributed by atoms with E-state index in [9.17, 15) is 4.79 Å². The van der Waals surface area contributed by atoms with Crippen LogP contribution in [0.2, 0.25) is 0 Å². The molecule has 0 aromatic heterocycles. The van der Waals surface area contributed by atoms with E-state index in [4.69, 9.17) is 0 Å². The molecule has 0 fully saturated rings. The Kier molecular flexibility index (Phi) is 5.29. The largest absolute Gasteiger partial charge is 0.355 e. The average Bonchev–Trinajstić information content (AvgIpc) is 2.69. The van der Waals surface area contributed by atoms with Crippen LogP contribution < -0.4 is 0 Å². The number of hydrogen-bond acceptors (Lipinski definition) is 3. The number of halogens is 1. The molecule has 2 rings (SSSR count). The number of nitrogens with zero attached hydrogens (tertiary/aromatic N) is 1. The summed E-state index contributed by atoms with van der Waals surface area (Å²) in [6.45, 7) is 6.18. The maximum absolute atomic E-state index is 12.3. The van der Waals surface area contributed by atoms with Gasteiger partial charge in [0.25, 0.3) is 0 Å². The number of thioether (sulfide) groups is 1. The van der Waals surface area contributed by atoms with Gasteiger partial charge in [0.2, 0.25) is 0 Å². The van der Waals surface area contributed by atoms with Crippen molar-refractivity contribution in [2.45, 2.75) is 26.8 Å². The third-order valence-corrected chi connectivity index (χ3v) is 4.40. The van der Waals surface area contributed by atoms with Crippen molar-refractivity contribution in [2.24, 2.45) is 0 Å². The highest BCUT2D eigenvalue weighted by molar-refractivity contribution is 8.03. The van der Waals surface area contributed by atoms with Crippen LogP contribution in [0.25, 0.3) is 0 Å². The van der Waals surface area contributed by atoms with E-state index in [1.54, 1.807) is 0 Å². The van der Waals surface area contributed by atoms with Gasteiger partial charge < -0.3 is 4.90 Å². The average molecular weight is 284 g/mol. The summed E-state index contributed by atoms with van der Waals surface area (Å²) in [6.07, 6.45) is 0. The molecule has 1 aromatic carbocycles. The van der Waals surface area contributed by atoms with E-state index < -0.39 is 0 Å². The molecule has 0 aliphatic carbocycles. The number of ketones is 1. The molecule has 4 heteroatoms. The maximum Gasteiger partial charge on any atom is 0.184 e. The van der Waals surface area contributed by atoms with Crippen LogP contribution in [0.5, 0.6) is 0 Å². The number of Topliss-reactive ketones (excluding diaryl/α,β-unsaturated/α-hetero) is 1. The first-order valence-corrected chi connectivity index (χ1v) is 6.76. The Balaban J connectivity index is 0.00000162. The van der Waals surface area contributed by atoms with Crippen molar-refractivity contribution in [1.82, 2.24) is 4.90 Å². The second-order valence-electron chi connectivity index (χ2n) is 4.29. The van der Waals surface area contributed by atoms with E-state index >= 15 is 0 Å². The monoisotopic (exact) mass is 283 g/mol. The summed E-state index contributed by atoms with van der Waals surface area (Å²) in [5.41, 5.74) is 2.02. The Bertz CT molecular complexity index is 458. The lowest BCUT2D eigenvalue weighted by Crippen LogP contribution is -2.35. The molecule has 1 aromatic rings. The molecule has 0 saturated heterocycles. The number of allylic oxidation sites excluding steroid dienone is 2. The zero-order chi connectivity index (χ0) is 12.4. The lowest BCUT2D eigenvalue weighted by molar-refractivity contribution is 0.0892. The minimum atomic E-state index is -0.0812. The van der Waals surface area contributed by atoms with Crippen molar-refractivity contribution in [3.63, 3.8) is 0 Å². The highest BCUT2D eigenvalue weighted by atomic mass is 35.5. The minimum absolute atomic E-state index is 0. The van der Waals surface area contributed by atoms with Crippen LogP contribution in [0.4, 0.5) is 0 Å². The number of carbonyl (C=O) groups is 1. The van der Waals surface area contributed by atoms with E-state index in [0.717, 1.165) is 11.4 Å². The third kappa shape index (κ3) is 2.90. The highest BCUT2D eigenvalue weighted by Crippen LogP contribution is 2.33. The normalized spacial score (nSPS) is 16.5. The summed E-state index contributed by atoms with van der Waals surface area (Å²) in [4.78, 5) is 15.8. The second kappa shape index (κ2) is 6.30. The molecule has 0 saturated carbocycles. The maximum atomic E-state index is 12.3. The molecule has 18 heavy (non-hydrogen) atoms. The SMILES string of the molecule is CC1=C(C)N(C(C)C(=O)c2ccccc2)CS1.Cl. The highest BCUT2D eigenvalue weighted by Gasteiger charge is 2.27. The van der Waals surface area contributed by atoms with Gasteiger partial charge in [-0.25, -0.2) is 0 Å². The molecule has 98 valence electrons. The van der Waals surface area contributed by atoms with Gasteiger partial charge in [-0.2, -0.15) is 0 Å². The van der Waals surface area contributed by atoms with Crippen LogP contribution in [0.15, 0.2) is 40.9 Å². The van der Waals surface area contributed by atoms with Crippen molar-refractivity contribution in [3.05, 3.63) is 46.5 Å². The van der Waals surface area contributed by atoms with E-state index in [0.29, 0.717) is 0 Å². The van der Waals surface area contributed by atoms with Crippen molar-refractivity contribution in [1.29, 1.82) is 0 Å². The van der Waals surface area contributed by atoms with Gasteiger partial charge in [0, 0.05) is 16.2 Å². The molecule has 0 radical (unpaired) electrons. The van der Waals surface area contributed by atoms with Gasteiger partial charge in [-0.15, -0.1) is 24.2 Å². The van der Waals surface area contributed by atoms with E-state index in [-0.39, 0.29) is 24.2 Å². The molecule has 1 atom stereocenters. The Morgan fingerprint density at radius 1 is 1.28 bits per heavy atom. The summed E-state index contributed by atoms with van der Waals surface area (Å²) < 4.78 is 0. The predicted octanol–water partition coefficient (Wildman–Crippen LogP) is 3.94. The number of benzene rings is 1. The van der Waals surface area contributed by atoms with Gasteiger partial charge >= 0.3 is 0 Å². The molecule has 0 spiro atoms. The van der Waals surface area contributed by atoms with E-state index in [1.165, 1.54) is 10.6 Å². The van der Waals surface area contributed by atoms with E-state index in [2.05, 4.69) is 18.7 Å². The predicted molar refractivity (Wildman–Crippen MR) is 80.2 cm³/mol. The number of hydrogen-bond donors (Lipinski definition) is 0. The fourth-order valence-corrected chi connectivity index (χ4v) is 3.03. The molecule has 2 nitrogen and oxygen atoms in total. The molecular formula is C14H18ClNOS. The van der Waals surface area contributed by atoms with Gasteiger partial charge in [0.15, 0.2) is 5.78 Å². The summed E-state index contributed by atoms with van der Waals surface area (Å²) in [5.74, 6) is 1.08. The Morgan fingerprint density at radius 3 is 2.39 bits per heavy atom. The van der Waals surface area contributed by atoms with Gasteiger partial charge in [-0.3, -0.25) is 4.79 Å². The lowest BCUT2D eigenvalue weighted by Gasteiger charge is -2.26. The fourth-order valence-electron chi connectivity index (χ4n) is 1.96. The van der Waals surface area contributed by atoms with Crippen molar-refractivity contribution < 1.29 is 4.79 Å². The van der Waals surface area contributed by atoms with Crippen LogP contribution >= 0.6 is 24.2 Å². The summed E-state index contributed by atoms with van der Waals surface area (Å²) in [5, 5.41) is 0. The summed E-state index contributed by atoms with van der Waals surface area (Å²) in [7, 11) is 0. The first-order chi connectivity index (χ1) is 8.11. The first-order valence-electron chi connectivity index (χ1n) is 5.77. The number of carbonyl (C=O) groups excluding carboxylic acids is 1. The first kappa shape index (κ1) is 15.1. The molecule has 0 bridgehead atoms. The van der Waals surface area contributed by atoms with Crippen LogP contribution in [0, 0.1) is 0 Å². The summed E-state index contributed by atoms with van der Waals surface area (Å²) in [6, 6.07) is 9.44. The topological polar surface area (TPSA) is 20.3 Å². The third-order valence-electron chi connectivity index (χ3n) is 3.27. The molecule has 0 N–H and O–H groups in total. The molecule has 0 amide bonds. The summed E-state index contributed by atoms with van der Waals surface area (Å²) >= 11 is 1.81. The van der Waals surface area contributed by atoms with Crippen molar-refractivity contribution in [2.75, 3.05) is 5.88 Å². The van der Waals surface area contributed by atoms with Crippen LogP contribution in [-0.4, -0.2) is 22.6 Å². The molecule has 1 aliphatic rings. The smallest absolute Gasteiger partial charge is 0.184 e. The zero-order valence-electron chi connectivity index (χ0n) is 10.8. The van der Waals surface area contributed by atoms with Crippen molar-refractivity contribution >= 4 is 30.0 Å². The number of rotatable bonds is 3. The Hall–Kier alpha value is -0.930. The molecular weight excluding hydrogens is 266 g/mol. The quantitative estimate of drug-likeness (QED) is 0.784. The minimum Gasteiger partial charge on any atom is -0.355 e. The Labute approximate surface area is 119 Å². The van der Waals surface area contributed by atoms with Crippen LogP contribution in [0.1, 0.15) is 31.1 Å². The second-order valence-corrected chi connectivity index (χ2v) is 5.45. The van der Waals surface area contributed by atoms with Crippen LogP contribution in [0.3, 0.4) is 0 Å². The zero-order valence-corrected chi connectivity index (χ0v) is 12.5. The van der Waals surface area contributed by atoms with Gasteiger partial charge in [0.1, 0.15) is 0 Å². The fraction of sp³-hybridized carbons (Fsp3) is 0.357.